The monoisotopic (exact) mass is 417 g/mol. The number of hydrogen-bond donors (Lipinski definition) is 1. The number of morpholine rings is 1. The van der Waals surface area contributed by atoms with Gasteiger partial charge in [0.2, 0.25) is 0 Å². The second-order valence-electron chi connectivity index (χ2n) is 6.33. The molecule has 1 fully saturated rings. The third kappa shape index (κ3) is 3.65. The fraction of sp³-hybridized carbons (Fsp3) is 0.300. The number of ether oxygens (including phenoxy) is 2. The zero-order valence-electron chi connectivity index (χ0n) is 15.4. The molecule has 0 spiro atoms. The van der Waals surface area contributed by atoms with Gasteiger partial charge in [0.1, 0.15) is 11.3 Å². The Hall–Kier alpha value is -2.35. The predicted octanol–water partition coefficient (Wildman–Crippen LogP) is 4.13. The Morgan fingerprint density at radius 1 is 1.29 bits per heavy atom. The maximum absolute atomic E-state index is 12.8. The van der Waals surface area contributed by atoms with Crippen LogP contribution in [0.5, 0.6) is 5.75 Å². The smallest absolute Gasteiger partial charge is 0.257 e. The number of anilines is 2. The molecule has 0 atom stereocenters. The minimum absolute atomic E-state index is 0.220. The highest BCUT2D eigenvalue weighted by molar-refractivity contribution is 7.23. The van der Waals surface area contributed by atoms with Crippen molar-refractivity contribution in [3.05, 3.63) is 47.5 Å². The Morgan fingerprint density at radius 2 is 2.07 bits per heavy atom. The van der Waals surface area contributed by atoms with Crippen LogP contribution in [0.25, 0.3) is 10.2 Å². The molecule has 0 unspecified atom stereocenters. The van der Waals surface area contributed by atoms with Gasteiger partial charge in [-0.2, -0.15) is 0 Å². The van der Waals surface area contributed by atoms with E-state index in [0.29, 0.717) is 29.7 Å². The van der Waals surface area contributed by atoms with E-state index >= 15 is 0 Å². The van der Waals surface area contributed by atoms with Crippen LogP contribution in [0.3, 0.4) is 0 Å². The largest absolute Gasteiger partial charge is 0.494 e. The first-order valence-corrected chi connectivity index (χ1v) is 10.3. The maximum Gasteiger partial charge on any atom is 0.257 e. The van der Waals surface area contributed by atoms with Crippen molar-refractivity contribution in [2.24, 2.45) is 0 Å². The van der Waals surface area contributed by atoms with E-state index in [1.54, 1.807) is 13.2 Å². The zero-order valence-corrected chi connectivity index (χ0v) is 17.0. The lowest BCUT2D eigenvalue weighted by atomic mass is 10.1. The number of nitrogens with one attached hydrogen (secondary N) is 1. The maximum atomic E-state index is 12.8. The number of alkyl halides is 1. The van der Waals surface area contributed by atoms with Crippen molar-refractivity contribution in [2.45, 2.75) is 5.88 Å². The number of aromatic nitrogens is 1. The van der Waals surface area contributed by atoms with E-state index in [9.17, 15) is 4.79 Å². The second-order valence-corrected chi connectivity index (χ2v) is 7.59. The molecule has 1 aliphatic rings. The van der Waals surface area contributed by atoms with E-state index < -0.39 is 0 Å². The van der Waals surface area contributed by atoms with E-state index in [4.69, 9.17) is 21.1 Å². The molecule has 28 heavy (non-hydrogen) atoms. The van der Waals surface area contributed by atoms with Crippen LogP contribution >= 0.6 is 22.9 Å². The number of halogens is 1. The van der Waals surface area contributed by atoms with Crippen LogP contribution < -0.4 is 15.0 Å². The third-order valence-electron chi connectivity index (χ3n) is 4.68. The number of thiazole rings is 1. The van der Waals surface area contributed by atoms with Gasteiger partial charge in [0.25, 0.3) is 5.91 Å². The standard InChI is InChI=1S/C20H20ClN3O3S/c1-26-16-7-6-15(24-8-10-27-11-9-24)18-17(16)22-20(28-18)23-19(25)14-5-3-2-4-13(14)12-21/h2-7H,8-12H2,1H3,(H,22,23,25). The Kier molecular flexibility index (Phi) is 5.66. The first-order chi connectivity index (χ1) is 13.7. The molecule has 1 N–H and O–H groups in total. The number of fused-ring (bicyclic) bond motifs is 1. The minimum atomic E-state index is -0.220. The summed E-state index contributed by atoms with van der Waals surface area (Å²) in [4.78, 5) is 19.7. The molecule has 0 aliphatic carbocycles. The fourth-order valence-corrected chi connectivity index (χ4v) is 4.52. The predicted molar refractivity (Wildman–Crippen MR) is 113 cm³/mol. The highest BCUT2D eigenvalue weighted by Crippen LogP contribution is 2.39. The van der Waals surface area contributed by atoms with Gasteiger partial charge in [-0.1, -0.05) is 29.5 Å². The van der Waals surface area contributed by atoms with E-state index in [0.717, 1.165) is 34.6 Å². The molecule has 4 rings (SSSR count). The molecule has 0 radical (unpaired) electrons. The van der Waals surface area contributed by atoms with E-state index in [-0.39, 0.29) is 11.8 Å². The van der Waals surface area contributed by atoms with Crippen molar-refractivity contribution in [2.75, 3.05) is 43.6 Å². The third-order valence-corrected chi connectivity index (χ3v) is 5.97. The molecule has 146 valence electrons. The normalized spacial score (nSPS) is 14.3. The summed E-state index contributed by atoms with van der Waals surface area (Å²) in [5, 5.41) is 3.45. The van der Waals surface area contributed by atoms with E-state index in [2.05, 4.69) is 15.2 Å². The van der Waals surface area contributed by atoms with Crippen LogP contribution in [0.15, 0.2) is 36.4 Å². The molecule has 1 aromatic heterocycles. The van der Waals surface area contributed by atoms with Crippen LogP contribution in [0.2, 0.25) is 0 Å². The molecule has 6 nitrogen and oxygen atoms in total. The molecule has 1 saturated heterocycles. The quantitative estimate of drug-likeness (QED) is 0.632. The van der Waals surface area contributed by atoms with Crippen LogP contribution in [-0.4, -0.2) is 44.3 Å². The van der Waals surface area contributed by atoms with Gasteiger partial charge in [0.15, 0.2) is 5.13 Å². The Balaban J connectivity index is 1.69. The number of carbonyl (C=O) groups is 1. The van der Waals surface area contributed by atoms with Crippen LogP contribution in [0.1, 0.15) is 15.9 Å². The molecular weight excluding hydrogens is 398 g/mol. The minimum Gasteiger partial charge on any atom is -0.494 e. The van der Waals surface area contributed by atoms with Gasteiger partial charge >= 0.3 is 0 Å². The summed E-state index contributed by atoms with van der Waals surface area (Å²) in [5.41, 5.74) is 3.17. The zero-order chi connectivity index (χ0) is 19.5. The number of nitrogens with zero attached hydrogens (tertiary/aromatic N) is 2. The van der Waals surface area contributed by atoms with Crippen molar-refractivity contribution in [1.29, 1.82) is 0 Å². The molecule has 2 aromatic carbocycles. The summed E-state index contributed by atoms with van der Waals surface area (Å²) in [6.07, 6.45) is 0. The average molecular weight is 418 g/mol. The van der Waals surface area contributed by atoms with Gasteiger partial charge in [0.05, 0.1) is 30.7 Å². The van der Waals surface area contributed by atoms with Crippen molar-refractivity contribution < 1.29 is 14.3 Å². The Morgan fingerprint density at radius 3 is 2.82 bits per heavy atom. The molecule has 0 bridgehead atoms. The highest BCUT2D eigenvalue weighted by Gasteiger charge is 2.20. The number of methoxy groups -OCH3 is 1. The van der Waals surface area contributed by atoms with Crippen LogP contribution in [0, 0.1) is 0 Å². The SMILES string of the molecule is COc1ccc(N2CCOCC2)c2sc(NC(=O)c3ccccc3CCl)nc12. The number of rotatable bonds is 5. The molecule has 1 aliphatic heterocycles. The average Bonchev–Trinajstić information content (AvgIpc) is 3.17. The summed E-state index contributed by atoms with van der Waals surface area (Å²) < 4.78 is 11.9. The molecular formula is C20H20ClN3O3S. The van der Waals surface area contributed by atoms with Gasteiger partial charge in [-0.15, -0.1) is 11.6 Å². The number of hydrogen-bond acceptors (Lipinski definition) is 6. The van der Waals surface area contributed by atoms with Crippen LogP contribution in [0.4, 0.5) is 10.8 Å². The molecule has 0 saturated carbocycles. The number of benzene rings is 2. The first kappa shape index (κ1) is 19.0. The van der Waals surface area contributed by atoms with Gasteiger partial charge in [0, 0.05) is 24.5 Å². The molecule has 2 heterocycles. The summed E-state index contributed by atoms with van der Waals surface area (Å²) in [7, 11) is 1.62. The summed E-state index contributed by atoms with van der Waals surface area (Å²) in [6.45, 7) is 3.05. The van der Waals surface area contributed by atoms with Crippen molar-refractivity contribution in [3.63, 3.8) is 0 Å². The van der Waals surface area contributed by atoms with E-state index in [1.165, 1.54) is 11.3 Å². The van der Waals surface area contributed by atoms with Gasteiger partial charge < -0.3 is 14.4 Å². The second kappa shape index (κ2) is 8.34. The van der Waals surface area contributed by atoms with Crippen molar-refractivity contribution in [1.82, 2.24) is 4.98 Å². The lowest BCUT2D eigenvalue weighted by Crippen LogP contribution is -2.36. The van der Waals surface area contributed by atoms with Crippen molar-refractivity contribution in [3.8, 4) is 5.75 Å². The summed E-state index contributed by atoms with van der Waals surface area (Å²) >= 11 is 7.41. The van der Waals surface area contributed by atoms with Gasteiger partial charge in [-0.05, 0) is 23.8 Å². The Labute approximate surface area is 172 Å². The summed E-state index contributed by atoms with van der Waals surface area (Å²) in [5.74, 6) is 0.741. The first-order valence-electron chi connectivity index (χ1n) is 8.96. The molecule has 3 aromatic rings. The Bertz CT molecular complexity index is 1000. The van der Waals surface area contributed by atoms with Crippen LogP contribution in [-0.2, 0) is 10.6 Å². The van der Waals surface area contributed by atoms with Gasteiger partial charge in [-0.3, -0.25) is 10.1 Å². The molecule has 1 amide bonds. The topological polar surface area (TPSA) is 63.7 Å². The van der Waals surface area contributed by atoms with Gasteiger partial charge in [-0.25, -0.2) is 4.98 Å². The van der Waals surface area contributed by atoms with Crippen molar-refractivity contribution >= 4 is 49.9 Å². The summed E-state index contributed by atoms with van der Waals surface area (Å²) in [6, 6.07) is 11.3. The lowest BCUT2D eigenvalue weighted by molar-refractivity contribution is 0.102. The highest BCUT2D eigenvalue weighted by atomic mass is 35.5. The molecule has 8 heteroatoms. The number of amides is 1. The lowest BCUT2D eigenvalue weighted by Gasteiger charge is -2.29. The fourth-order valence-electron chi connectivity index (χ4n) is 3.26. The number of carbonyl (C=O) groups excluding carboxylic acids is 1. The van der Waals surface area contributed by atoms with E-state index in [1.807, 2.05) is 30.3 Å².